The lowest BCUT2D eigenvalue weighted by Crippen LogP contribution is -2.53. The molecule has 3 nitrogen and oxygen atoms in total. The minimum absolute atomic E-state index is 0.0471. The fraction of sp³-hybridized carbons (Fsp3) is 1.00. The van der Waals surface area contributed by atoms with Crippen molar-refractivity contribution in [2.24, 2.45) is 5.92 Å². The SMILES string of the molecule is COCCN1CC[C@H](O)[C@H]2CCCC[C@H]21. The van der Waals surface area contributed by atoms with Crippen molar-refractivity contribution in [2.45, 2.75) is 44.2 Å². The fourth-order valence-corrected chi connectivity index (χ4v) is 3.21. The molecule has 0 aromatic heterocycles. The summed E-state index contributed by atoms with van der Waals surface area (Å²) in [5.74, 6) is 0.532. The van der Waals surface area contributed by atoms with Crippen molar-refractivity contribution < 1.29 is 9.84 Å². The lowest BCUT2D eigenvalue weighted by atomic mass is 9.76. The topological polar surface area (TPSA) is 32.7 Å². The first kappa shape index (κ1) is 11.4. The van der Waals surface area contributed by atoms with Crippen molar-refractivity contribution in [3.8, 4) is 0 Å². The highest BCUT2D eigenvalue weighted by Crippen LogP contribution is 2.35. The van der Waals surface area contributed by atoms with Gasteiger partial charge in [0.1, 0.15) is 0 Å². The van der Waals surface area contributed by atoms with Gasteiger partial charge in [-0.1, -0.05) is 12.8 Å². The molecule has 2 rings (SSSR count). The molecule has 2 aliphatic rings. The summed E-state index contributed by atoms with van der Waals surface area (Å²) in [5, 5.41) is 9.99. The maximum absolute atomic E-state index is 9.99. The molecule has 1 heterocycles. The van der Waals surface area contributed by atoms with Crippen molar-refractivity contribution in [2.75, 3.05) is 26.8 Å². The van der Waals surface area contributed by atoms with Gasteiger partial charge in [0, 0.05) is 32.2 Å². The molecule has 2 fully saturated rings. The Morgan fingerprint density at radius 1 is 1.27 bits per heavy atom. The minimum Gasteiger partial charge on any atom is -0.393 e. The Morgan fingerprint density at radius 2 is 2.07 bits per heavy atom. The summed E-state index contributed by atoms with van der Waals surface area (Å²) < 4.78 is 5.15. The summed E-state index contributed by atoms with van der Waals surface area (Å²) in [5.41, 5.74) is 0. The van der Waals surface area contributed by atoms with Gasteiger partial charge in [-0.05, 0) is 19.3 Å². The Morgan fingerprint density at radius 3 is 2.87 bits per heavy atom. The van der Waals surface area contributed by atoms with Crippen LogP contribution in [-0.4, -0.2) is 49.0 Å². The molecule has 0 aromatic rings. The molecule has 0 unspecified atom stereocenters. The van der Waals surface area contributed by atoms with Crippen LogP contribution in [-0.2, 0) is 4.74 Å². The molecule has 0 spiro atoms. The van der Waals surface area contributed by atoms with Gasteiger partial charge in [0.2, 0.25) is 0 Å². The highest BCUT2D eigenvalue weighted by atomic mass is 16.5. The molecule has 1 aliphatic carbocycles. The molecule has 88 valence electrons. The quantitative estimate of drug-likeness (QED) is 0.766. The lowest BCUT2D eigenvalue weighted by molar-refractivity contribution is -0.0422. The van der Waals surface area contributed by atoms with Crippen LogP contribution in [0.5, 0.6) is 0 Å². The normalized spacial score (nSPS) is 37.6. The number of nitrogens with zero attached hydrogens (tertiary/aromatic N) is 1. The maximum Gasteiger partial charge on any atom is 0.0595 e. The summed E-state index contributed by atoms with van der Waals surface area (Å²) in [6.45, 7) is 2.90. The van der Waals surface area contributed by atoms with Crippen LogP contribution >= 0.6 is 0 Å². The smallest absolute Gasteiger partial charge is 0.0595 e. The molecule has 15 heavy (non-hydrogen) atoms. The number of piperidine rings is 1. The van der Waals surface area contributed by atoms with Crippen LogP contribution in [0.25, 0.3) is 0 Å². The summed E-state index contributed by atoms with van der Waals surface area (Å²) in [7, 11) is 1.76. The average Bonchev–Trinajstić information content (AvgIpc) is 2.29. The van der Waals surface area contributed by atoms with E-state index in [1.54, 1.807) is 7.11 Å². The first-order valence-electron chi connectivity index (χ1n) is 6.24. The van der Waals surface area contributed by atoms with E-state index >= 15 is 0 Å². The first-order chi connectivity index (χ1) is 7.33. The van der Waals surface area contributed by atoms with E-state index in [1.807, 2.05) is 0 Å². The molecule has 3 heteroatoms. The number of rotatable bonds is 3. The summed E-state index contributed by atoms with van der Waals surface area (Å²) in [6.07, 6.45) is 6.02. The van der Waals surface area contributed by atoms with E-state index in [0.717, 1.165) is 26.1 Å². The van der Waals surface area contributed by atoms with E-state index in [9.17, 15) is 5.11 Å². The van der Waals surface area contributed by atoms with Crippen LogP contribution in [0.4, 0.5) is 0 Å². The largest absolute Gasteiger partial charge is 0.393 e. The zero-order chi connectivity index (χ0) is 10.7. The van der Waals surface area contributed by atoms with Crippen molar-refractivity contribution in [3.63, 3.8) is 0 Å². The molecule has 0 amide bonds. The predicted molar refractivity (Wildman–Crippen MR) is 59.8 cm³/mol. The Hall–Kier alpha value is -0.120. The van der Waals surface area contributed by atoms with Gasteiger partial charge in [0.15, 0.2) is 0 Å². The fourth-order valence-electron chi connectivity index (χ4n) is 3.21. The van der Waals surface area contributed by atoms with Gasteiger partial charge in [-0.2, -0.15) is 0 Å². The Kier molecular flexibility index (Phi) is 4.00. The number of ether oxygens (including phenoxy) is 1. The summed E-state index contributed by atoms with van der Waals surface area (Å²) in [4.78, 5) is 2.53. The summed E-state index contributed by atoms with van der Waals surface area (Å²) >= 11 is 0. The first-order valence-corrected chi connectivity index (χ1v) is 6.24. The third-order valence-corrected chi connectivity index (χ3v) is 4.04. The van der Waals surface area contributed by atoms with Gasteiger partial charge in [0.25, 0.3) is 0 Å². The molecule has 0 radical (unpaired) electrons. The predicted octanol–water partition coefficient (Wildman–Crippen LogP) is 1.26. The molecule has 1 aliphatic heterocycles. The van der Waals surface area contributed by atoms with Crippen LogP contribution in [0.2, 0.25) is 0 Å². The van der Waals surface area contributed by atoms with Gasteiger partial charge in [-0.15, -0.1) is 0 Å². The standard InChI is InChI=1S/C12H23NO2/c1-15-9-8-13-7-6-12(14)10-4-2-3-5-11(10)13/h10-12,14H,2-9H2,1H3/t10-,11+,12-/m0/s1. The number of fused-ring (bicyclic) bond motifs is 1. The van der Waals surface area contributed by atoms with Crippen LogP contribution in [0.3, 0.4) is 0 Å². The van der Waals surface area contributed by atoms with E-state index in [1.165, 1.54) is 25.7 Å². The van der Waals surface area contributed by atoms with Crippen LogP contribution in [0.1, 0.15) is 32.1 Å². The highest BCUT2D eigenvalue weighted by molar-refractivity contribution is 4.91. The van der Waals surface area contributed by atoms with Gasteiger partial charge < -0.3 is 9.84 Å². The second-order valence-electron chi connectivity index (χ2n) is 4.90. The number of hydrogen-bond acceptors (Lipinski definition) is 3. The van der Waals surface area contributed by atoms with Crippen LogP contribution < -0.4 is 0 Å². The number of likely N-dealkylation sites (tertiary alicyclic amines) is 1. The Balaban J connectivity index is 1.94. The van der Waals surface area contributed by atoms with Crippen molar-refractivity contribution >= 4 is 0 Å². The number of aliphatic hydroxyl groups excluding tert-OH is 1. The number of aliphatic hydroxyl groups is 1. The van der Waals surface area contributed by atoms with Gasteiger partial charge in [0.05, 0.1) is 12.7 Å². The molecule has 1 N–H and O–H groups in total. The Labute approximate surface area is 92.4 Å². The molecule has 1 saturated carbocycles. The zero-order valence-electron chi connectivity index (χ0n) is 9.69. The van der Waals surface area contributed by atoms with E-state index < -0.39 is 0 Å². The van der Waals surface area contributed by atoms with E-state index in [4.69, 9.17) is 4.74 Å². The third kappa shape index (κ3) is 2.52. The third-order valence-electron chi connectivity index (χ3n) is 4.04. The molecule has 3 atom stereocenters. The van der Waals surface area contributed by atoms with Crippen molar-refractivity contribution in [3.05, 3.63) is 0 Å². The van der Waals surface area contributed by atoms with Crippen LogP contribution in [0, 0.1) is 5.92 Å². The van der Waals surface area contributed by atoms with E-state index in [2.05, 4.69) is 4.90 Å². The van der Waals surface area contributed by atoms with Gasteiger partial charge in [-0.25, -0.2) is 0 Å². The highest BCUT2D eigenvalue weighted by Gasteiger charge is 2.37. The molecule has 0 aromatic carbocycles. The lowest BCUT2D eigenvalue weighted by Gasteiger charge is -2.46. The van der Waals surface area contributed by atoms with Crippen LogP contribution in [0.15, 0.2) is 0 Å². The number of hydrogen-bond donors (Lipinski definition) is 1. The molecular formula is C12H23NO2. The second kappa shape index (κ2) is 5.28. The minimum atomic E-state index is -0.0471. The van der Waals surface area contributed by atoms with Gasteiger partial charge in [-0.3, -0.25) is 4.90 Å². The monoisotopic (exact) mass is 213 g/mol. The average molecular weight is 213 g/mol. The van der Waals surface area contributed by atoms with Crippen molar-refractivity contribution in [1.82, 2.24) is 4.90 Å². The maximum atomic E-state index is 9.99. The second-order valence-corrected chi connectivity index (χ2v) is 4.90. The molecular weight excluding hydrogens is 190 g/mol. The van der Waals surface area contributed by atoms with Gasteiger partial charge >= 0.3 is 0 Å². The molecule has 0 bridgehead atoms. The van der Waals surface area contributed by atoms with Crippen molar-refractivity contribution in [1.29, 1.82) is 0 Å². The van der Waals surface area contributed by atoms with E-state index in [-0.39, 0.29) is 6.10 Å². The van der Waals surface area contributed by atoms with E-state index in [0.29, 0.717) is 12.0 Å². The molecule has 1 saturated heterocycles. The summed E-state index contributed by atoms with van der Waals surface area (Å²) in [6, 6.07) is 0.623. The number of methoxy groups -OCH3 is 1. The Bertz CT molecular complexity index is 196. The zero-order valence-corrected chi connectivity index (χ0v) is 9.69.